The maximum Gasteiger partial charge on any atom is 0.254 e. The highest BCUT2D eigenvalue weighted by Crippen LogP contribution is 2.38. The summed E-state index contributed by atoms with van der Waals surface area (Å²) >= 11 is 0. The second-order valence-corrected chi connectivity index (χ2v) is 8.79. The molecule has 2 amide bonds. The fourth-order valence-electron chi connectivity index (χ4n) is 4.85. The first kappa shape index (κ1) is 20.6. The molecule has 4 rings (SSSR count). The van der Waals surface area contributed by atoms with Crippen LogP contribution in [0.1, 0.15) is 61.0 Å². The van der Waals surface area contributed by atoms with Crippen LogP contribution in [0.4, 0.5) is 0 Å². The van der Waals surface area contributed by atoms with Crippen molar-refractivity contribution in [3.63, 3.8) is 0 Å². The summed E-state index contributed by atoms with van der Waals surface area (Å²) in [7, 11) is 0. The Morgan fingerprint density at radius 3 is 2.23 bits per heavy atom. The number of carbonyl (C=O) groups excluding carboxylic acids is 2. The Labute approximate surface area is 178 Å². The van der Waals surface area contributed by atoms with Gasteiger partial charge in [-0.25, -0.2) is 0 Å². The first-order chi connectivity index (χ1) is 14.5. The van der Waals surface area contributed by atoms with Gasteiger partial charge < -0.3 is 15.3 Å². The number of carbonyl (C=O) groups is 2. The molecule has 3 atom stereocenters. The summed E-state index contributed by atoms with van der Waals surface area (Å²) in [6.07, 6.45) is 4.33. The molecule has 2 fully saturated rings. The smallest absolute Gasteiger partial charge is 0.254 e. The summed E-state index contributed by atoms with van der Waals surface area (Å²) in [5.74, 6) is -0.0924. The Hall–Kier alpha value is -2.66. The zero-order valence-corrected chi connectivity index (χ0v) is 17.5. The van der Waals surface area contributed by atoms with Crippen LogP contribution in [0.3, 0.4) is 0 Å². The lowest BCUT2D eigenvalue weighted by molar-refractivity contribution is -0.131. The number of benzene rings is 2. The Morgan fingerprint density at radius 2 is 1.60 bits per heavy atom. The Balaban J connectivity index is 1.70. The molecule has 0 bridgehead atoms. The molecule has 1 aliphatic carbocycles. The van der Waals surface area contributed by atoms with Crippen LogP contribution in [0.25, 0.3) is 0 Å². The molecule has 0 aromatic heterocycles. The van der Waals surface area contributed by atoms with Crippen molar-refractivity contribution < 1.29 is 14.7 Å². The highest BCUT2D eigenvalue weighted by molar-refractivity contribution is 5.94. The van der Waals surface area contributed by atoms with E-state index in [1.807, 2.05) is 65.6 Å². The number of nitrogens with zero attached hydrogens (tertiary/aromatic N) is 1. The highest BCUT2D eigenvalue weighted by Gasteiger charge is 2.48. The van der Waals surface area contributed by atoms with E-state index >= 15 is 0 Å². The number of amides is 2. The van der Waals surface area contributed by atoms with E-state index in [4.69, 9.17) is 0 Å². The molecule has 0 spiro atoms. The number of piperidine rings is 1. The van der Waals surface area contributed by atoms with E-state index in [2.05, 4.69) is 5.32 Å². The normalized spacial score (nSPS) is 27.1. The largest absolute Gasteiger partial charge is 0.388 e. The summed E-state index contributed by atoms with van der Waals surface area (Å²) in [5, 5.41) is 14.4. The summed E-state index contributed by atoms with van der Waals surface area (Å²) in [4.78, 5) is 28.2. The third kappa shape index (κ3) is 4.12. The van der Waals surface area contributed by atoms with Crippen molar-refractivity contribution in [1.29, 1.82) is 0 Å². The lowest BCUT2D eigenvalue weighted by Crippen LogP contribution is -2.63. The van der Waals surface area contributed by atoms with Crippen LogP contribution in [0.5, 0.6) is 0 Å². The molecule has 1 saturated carbocycles. The number of likely N-dealkylation sites (tertiary alicyclic amines) is 1. The minimum atomic E-state index is -1.11. The Bertz CT molecular complexity index is 876. The van der Waals surface area contributed by atoms with Gasteiger partial charge in [-0.15, -0.1) is 0 Å². The van der Waals surface area contributed by atoms with Gasteiger partial charge in [0.25, 0.3) is 5.91 Å². The predicted molar refractivity (Wildman–Crippen MR) is 116 cm³/mol. The fourth-order valence-corrected chi connectivity index (χ4v) is 4.85. The minimum Gasteiger partial charge on any atom is -0.388 e. The lowest BCUT2D eigenvalue weighted by Gasteiger charge is -2.49. The van der Waals surface area contributed by atoms with Crippen molar-refractivity contribution >= 4 is 11.8 Å². The van der Waals surface area contributed by atoms with Crippen LogP contribution < -0.4 is 5.32 Å². The third-order valence-electron chi connectivity index (χ3n) is 6.63. The van der Waals surface area contributed by atoms with Crippen LogP contribution in [-0.2, 0) is 4.79 Å². The second-order valence-electron chi connectivity index (χ2n) is 8.79. The monoisotopic (exact) mass is 406 g/mol. The molecule has 5 heteroatoms. The van der Waals surface area contributed by atoms with Crippen molar-refractivity contribution in [2.75, 3.05) is 6.54 Å². The van der Waals surface area contributed by atoms with E-state index in [0.717, 1.165) is 31.2 Å². The van der Waals surface area contributed by atoms with Gasteiger partial charge in [0.15, 0.2) is 0 Å². The van der Waals surface area contributed by atoms with Gasteiger partial charge in [-0.3, -0.25) is 9.59 Å². The first-order valence-electron chi connectivity index (χ1n) is 10.9. The van der Waals surface area contributed by atoms with Gasteiger partial charge in [-0.2, -0.15) is 0 Å². The maximum atomic E-state index is 13.4. The zero-order valence-electron chi connectivity index (χ0n) is 17.5. The number of nitrogens with one attached hydrogen (secondary N) is 1. The molecule has 3 unspecified atom stereocenters. The van der Waals surface area contributed by atoms with Crippen LogP contribution in [0.2, 0.25) is 0 Å². The van der Waals surface area contributed by atoms with Gasteiger partial charge in [0.05, 0.1) is 17.7 Å². The molecule has 1 heterocycles. The number of hydrogen-bond donors (Lipinski definition) is 2. The van der Waals surface area contributed by atoms with E-state index in [-0.39, 0.29) is 17.7 Å². The van der Waals surface area contributed by atoms with Gasteiger partial charge >= 0.3 is 0 Å². The minimum absolute atomic E-state index is 0.00238. The molecular weight excluding hydrogens is 376 g/mol. The van der Waals surface area contributed by atoms with E-state index in [1.54, 1.807) is 6.92 Å². The second kappa shape index (κ2) is 8.60. The molecule has 2 aliphatic rings. The number of aliphatic hydroxyl groups is 1. The Kier molecular flexibility index (Phi) is 5.91. The van der Waals surface area contributed by atoms with Crippen LogP contribution >= 0.6 is 0 Å². The van der Waals surface area contributed by atoms with Gasteiger partial charge in [-0.05, 0) is 43.9 Å². The Morgan fingerprint density at radius 1 is 1.00 bits per heavy atom. The van der Waals surface area contributed by atoms with Crippen molar-refractivity contribution in [1.82, 2.24) is 10.2 Å². The quantitative estimate of drug-likeness (QED) is 0.813. The molecule has 2 aromatic carbocycles. The van der Waals surface area contributed by atoms with Crippen molar-refractivity contribution in [2.24, 2.45) is 5.92 Å². The third-order valence-corrected chi connectivity index (χ3v) is 6.63. The summed E-state index contributed by atoms with van der Waals surface area (Å²) in [6, 6.07) is 17.9. The van der Waals surface area contributed by atoms with E-state index in [9.17, 15) is 14.7 Å². The highest BCUT2D eigenvalue weighted by atomic mass is 16.3. The molecule has 1 aliphatic heterocycles. The zero-order chi connectivity index (χ0) is 21.1. The summed E-state index contributed by atoms with van der Waals surface area (Å²) in [6.45, 7) is 2.20. The average molecular weight is 407 g/mol. The SMILES string of the molecule is CC1(O)CCN(C(=O)c2ccccc2)C(c2ccccc2)C1NC(=O)C1CCCC1. The molecule has 1 saturated heterocycles. The predicted octanol–water partition coefficient (Wildman–Crippen LogP) is 3.70. The molecule has 2 N–H and O–H groups in total. The molecule has 0 radical (unpaired) electrons. The standard InChI is InChI=1S/C25H30N2O3/c1-25(30)16-17-27(24(29)20-14-6-3-7-15-20)21(18-10-4-2-5-11-18)22(25)26-23(28)19-12-8-9-13-19/h2-7,10-11,14-15,19,21-22,30H,8-9,12-13,16-17H2,1H3,(H,26,28). The van der Waals surface area contributed by atoms with E-state index < -0.39 is 17.7 Å². The van der Waals surface area contributed by atoms with Crippen LogP contribution in [0.15, 0.2) is 60.7 Å². The van der Waals surface area contributed by atoms with E-state index in [1.165, 1.54) is 0 Å². The summed E-state index contributed by atoms with van der Waals surface area (Å²) in [5.41, 5.74) is 0.418. The molecular formula is C25H30N2O3. The van der Waals surface area contributed by atoms with Crippen molar-refractivity contribution in [3.8, 4) is 0 Å². The van der Waals surface area contributed by atoms with Gasteiger partial charge in [-0.1, -0.05) is 61.4 Å². The van der Waals surface area contributed by atoms with Crippen LogP contribution in [0, 0.1) is 5.92 Å². The molecule has 158 valence electrons. The topological polar surface area (TPSA) is 69.6 Å². The van der Waals surface area contributed by atoms with Gasteiger partial charge in [0.2, 0.25) is 5.91 Å². The average Bonchev–Trinajstić information content (AvgIpc) is 3.31. The number of hydrogen-bond acceptors (Lipinski definition) is 3. The fraction of sp³-hybridized carbons (Fsp3) is 0.440. The lowest BCUT2D eigenvalue weighted by atomic mass is 9.79. The van der Waals surface area contributed by atoms with Crippen LogP contribution in [-0.4, -0.2) is 40.0 Å². The van der Waals surface area contributed by atoms with Crippen molar-refractivity contribution in [3.05, 3.63) is 71.8 Å². The molecule has 5 nitrogen and oxygen atoms in total. The first-order valence-corrected chi connectivity index (χ1v) is 10.9. The van der Waals surface area contributed by atoms with Crippen molar-refractivity contribution in [2.45, 2.75) is 56.7 Å². The molecule has 30 heavy (non-hydrogen) atoms. The van der Waals surface area contributed by atoms with Gasteiger partial charge in [0, 0.05) is 18.0 Å². The maximum absolute atomic E-state index is 13.4. The molecule has 2 aromatic rings. The summed E-state index contributed by atoms with van der Waals surface area (Å²) < 4.78 is 0. The number of rotatable bonds is 4. The van der Waals surface area contributed by atoms with Gasteiger partial charge in [0.1, 0.15) is 0 Å². The van der Waals surface area contributed by atoms with E-state index in [0.29, 0.717) is 18.5 Å².